The Morgan fingerprint density at radius 3 is 2.83 bits per heavy atom. The van der Waals surface area contributed by atoms with Crippen molar-refractivity contribution in [3.8, 4) is 5.75 Å². The number of carbonyl (C=O) groups is 1. The van der Waals surface area contributed by atoms with Crippen molar-refractivity contribution in [2.45, 2.75) is 31.2 Å². The first-order chi connectivity index (χ1) is 11.8. The Hall–Kier alpha value is -2.30. The van der Waals surface area contributed by atoms with Gasteiger partial charge in [0.15, 0.2) is 0 Å². The summed E-state index contributed by atoms with van der Waals surface area (Å²) < 4.78 is 7.20. The molecule has 1 saturated carbocycles. The molecule has 24 heavy (non-hydrogen) atoms. The van der Waals surface area contributed by atoms with Gasteiger partial charge in [0.1, 0.15) is 5.75 Å². The number of hydrogen-bond donors (Lipinski definition) is 0. The third-order valence-electron chi connectivity index (χ3n) is 5.26. The van der Waals surface area contributed by atoms with Crippen LogP contribution in [0.1, 0.15) is 36.8 Å². The Morgan fingerprint density at radius 2 is 2.12 bits per heavy atom. The minimum Gasteiger partial charge on any atom is -0.497 e. The lowest BCUT2D eigenvalue weighted by molar-refractivity contribution is -0.134. The van der Waals surface area contributed by atoms with E-state index in [0.29, 0.717) is 17.9 Å². The minimum atomic E-state index is 0.148. The number of amides is 1. The zero-order chi connectivity index (χ0) is 16.5. The van der Waals surface area contributed by atoms with Crippen LogP contribution in [-0.4, -0.2) is 40.8 Å². The van der Waals surface area contributed by atoms with Crippen LogP contribution in [0.15, 0.2) is 42.7 Å². The molecule has 1 aliphatic carbocycles. The molecule has 2 heterocycles. The SMILES string of the molecule is COc1ccc([C@@H]2C[C@@H]2C(=O)N2CCC[C@@H](n3cccn3)C2)cc1. The maximum Gasteiger partial charge on any atom is 0.226 e. The second kappa shape index (κ2) is 6.30. The quantitative estimate of drug-likeness (QED) is 0.868. The molecule has 5 nitrogen and oxygen atoms in total. The number of likely N-dealkylation sites (tertiary alicyclic amines) is 1. The highest BCUT2D eigenvalue weighted by atomic mass is 16.5. The third-order valence-corrected chi connectivity index (χ3v) is 5.26. The Labute approximate surface area is 142 Å². The van der Waals surface area contributed by atoms with Crippen LogP contribution in [0.4, 0.5) is 0 Å². The van der Waals surface area contributed by atoms with E-state index in [-0.39, 0.29) is 5.92 Å². The molecule has 2 aromatic rings. The fourth-order valence-corrected chi connectivity index (χ4v) is 3.79. The van der Waals surface area contributed by atoms with E-state index in [1.54, 1.807) is 13.3 Å². The number of nitrogens with zero attached hydrogens (tertiary/aromatic N) is 3. The highest BCUT2D eigenvalue weighted by molar-refractivity contribution is 5.83. The Morgan fingerprint density at radius 1 is 1.29 bits per heavy atom. The van der Waals surface area contributed by atoms with Crippen molar-refractivity contribution in [3.05, 3.63) is 48.3 Å². The molecule has 1 aromatic heterocycles. The molecule has 1 aromatic carbocycles. The molecular formula is C19H23N3O2. The number of hydrogen-bond acceptors (Lipinski definition) is 3. The van der Waals surface area contributed by atoms with Crippen LogP contribution in [0.2, 0.25) is 0 Å². The molecule has 5 heteroatoms. The summed E-state index contributed by atoms with van der Waals surface area (Å²) in [5.74, 6) is 1.69. The van der Waals surface area contributed by atoms with Crippen LogP contribution in [0, 0.1) is 5.92 Å². The molecule has 0 radical (unpaired) electrons. The summed E-state index contributed by atoms with van der Waals surface area (Å²) in [6.07, 6.45) is 6.92. The van der Waals surface area contributed by atoms with Gasteiger partial charge in [-0.05, 0) is 48.9 Å². The maximum absolute atomic E-state index is 12.9. The summed E-state index contributed by atoms with van der Waals surface area (Å²) in [6.45, 7) is 1.66. The molecule has 1 saturated heterocycles. The van der Waals surface area contributed by atoms with Gasteiger partial charge in [0.05, 0.1) is 13.2 Å². The van der Waals surface area contributed by atoms with E-state index in [1.807, 2.05) is 34.0 Å². The Balaban J connectivity index is 1.39. The van der Waals surface area contributed by atoms with Crippen LogP contribution in [0.3, 0.4) is 0 Å². The first kappa shape index (κ1) is 15.2. The Bertz CT molecular complexity index is 696. The number of piperidine rings is 1. The lowest BCUT2D eigenvalue weighted by Gasteiger charge is -2.33. The number of aromatic nitrogens is 2. The minimum absolute atomic E-state index is 0.148. The normalized spacial score (nSPS) is 26.2. The van der Waals surface area contributed by atoms with E-state index in [1.165, 1.54) is 5.56 Å². The number of rotatable bonds is 4. The van der Waals surface area contributed by atoms with E-state index in [2.05, 4.69) is 17.2 Å². The summed E-state index contributed by atoms with van der Waals surface area (Å²) >= 11 is 0. The average molecular weight is 325 g/mol. The summed E-state index contributed by atoms with van der Waals surface area (Å²) in [5, 5.41) is 4.34. The van der Waals surface area contributed by atoms with Crippen LogP contribution < -0.4 is 4.74 Å². The molecular weight excluding hydrogens is 302 g/mol. The number of methoxy groups -OCH3 is 1. The van der Waals surface area contributed by atoms with E-state index in [0.717, 1.165) is 38.1 Å². The number of benzene rings is 1. The standard InChI is InChI=1S/C19H23N3O2/c1-24-16-7-5-14(6-8-16)17-12-18(17)19(23)21-10-2-4-15(13-21)22-11-3-9-20-22/h3,5-9,11,15,17-18H,2,4,10,12-13H2,1H3/t15-,17+,18+/m1/s1. The lowest BCUT2D eigenvalue weighted by atomic mass is 10.0. The third kappa shape index (κ3) is 2.90. The summed E-state index contributed by atoms with van der Waals surface area (Å²) in [5.41, 5.74) is 1.25. The Kier molecular flexibility index (Phi) is 4.00. The topological polar surface area (TPSA) is 47.4 Å². The molecule has 1 aliphatic heterocycles. The van der Waals surface area contributed by atoms with Gasteiger partial charge in [0, 0.05) is 31.4 Å². The number of carbonyl (C=O) groups excluding carboxylic acids is 1. The fraction of sp³-hybridized carbons (Fsp3) is 0.474. The summed E-state index contributed by atoms with van der Waals surface area (Å²) in [4.78, 5) is 14.9. The first-order valence-electron chi connectivity index (χ1n) is 8.68. The monoisotopic (exact) mass is 325 g/mol. The summed E-state index contributed by atoms with van der Waals surface area (Å²) in [6, 6.07) is 10.4. The van der Waals surface area contributed by atoms with Crippen LogP contribution in [0.25, 0.3) is 0 Å². The highest BCUT2D eigenvalue weighted by Gasteiger charge is 2.46. The largest absolute Gasteiger partial charge is 0.497 e. The van der Waals surface area contributed by atoms with E-state index >= 15 is 0 Å². The first-order valence-corrected chi connectivity index (χ1v) is 8.68. The van der Waals surface area contributed by atoms with Gasteiger partial charge in [-0.1, -0.05) is 12.1 Å². The molecule has 2 aliphatic rings. The van der Waals surface area contributed by atoms with Gasteiger partial charge >= 0.3 is 0 Å². The molecule has 0 unspecified atom stereocenters. The maximum atomic E-state index is 12.9. The lowest BCUT2D eigenvalue weighted by Crippen LogP contribution is -2.41. The zero-order valence-electron chi connectivity index (χ0n) is 14.0. The van der Waals surface area contributed by atoms with Gasteiger partial charge in [-0.15, -0.1) is 0 Å². The molecule has 0 bridgehead atoms. The van der Waals surface area contributed by atoms with E-state index < -0.39 is 0 Å². The van der Waals surface area contributed by atoms with Crippen molar-refractivity contribution in [2.24, 2.45) is 5.92 Å². The predicted molar refractivity (Wildman–Crippen MR) is 90.9 cm³/mol. The van der Waals surface area contributed by atoms with E-state index in [4.69, 9.17) is 4.74 Å². The molecule has 3 atom stereocenters. The number of ether oxygens (including phenoxy) is 1. The molecule has 2 fully saturated rings. The van der Waals surface area contributed by atoms with Gasteiger partial charge in [0.25, 0.3) is 0 Å². The van der Waals surface area contributed by atoms with Crippen molar-refractivity contribution < 1.29 is 9.53 Å². The van der Waals surface area contributed by atoms with Crippen molar-refractivity contribution in [2.75, 3.05) is 20.2 Å². The van der Waals surface area contributed by atoms with Crippen molar-refractivity contribution in [3.63, 3.8) is 0 Å². The van der Waals surface area contributed by atoms with Crippen molar-refractivity contribution in [1.82, 2.24) is 14.7 Å². The van der Waals surface area contributed by atoms with Gasteiger partial charge in [-0.3, -0.25) is 9.48 Å². The second-order valence-electron chi connectivity index (χ2n) is 6.79. The second-order valence-corrected chi connectivity index (χ2v) is 6.79. The average Bonchev–Trinajstić information content (AvgIpc) is 3.25. The zero-order valence-corrected chi connectivity index (χ0v) is 14.0. The van der Waals surface area contributed by atoms with Crippen LogP contribution >= 0.6 is 0 Å². The van der Waals surface area contributed by atoms with Gasteiger partial charge in [0.2, 0.25) is 5.91 Å². The molecule has 126 valence electrons. The fourth-order valence-electron chi connectivity index (χ4n) is 3.79. The van der Waals surface area contributed by atoms with Crippen LogP contribution in [-0.2, 0) is 4.79 Å². The highest BCUT2D eigenvalue weighted by Crippen LogP contribution is 2.49. The van der Waals surface area contributed by atoms with Gasteiger partial charge in [-0.2, -0.15) is 5.10 Å². The predicted octanol–water partition coefficient (Wildman–Crippen LogP) is 2.86. The van der Waals surface area contributed by atoms with Gasteiger partial charge in [-0.25, -0.2) is 0 Å². The van der Waals surface area contributed by atoms with Crippen molar-refractivity contribution >= 4 is 5.91 Å². The molecule has 1 amide bonds. The van der Waals surface area contributed by atoms with Gasteiger partial charge < -0.3 is 9.64 Å². The summed E-state index contributed by atoms with van der Waals surface area (Å²) in [7, 11) is 1.67. The smallest absolute Gasteiger partial charge is 0.226 e. The van der Waals surface area contributed by atoms with E-state index in [9.17, 15) is 4.79 Å². The molecule has 0 N–H and O–H groups in total. The molecule has 4 rings (SSSR count). The van der Waals surface area contributed by atoms with Crippen LogP contribution in [0.5, 0.6) is 5.75 Å². The molecule has 0 spiro atoms. The van der Waals surface area contributed by atoms with Crippen molar-refractivity contribution in [1.29, 1.82) is 0 Å².